The number of anilines is 1. The highest BCUT2D eigenvalue weighted by Crippen LogP contribution is 2.32. The molecule has 172 valence electrons. The number of hydrogen-bond acceptors (Lipinski definition) is 6. The molecule has 0 heterocycles. The third-order valence-corrected chi connectivity index (χ3v) is 6.70. The summed E-state index contributed by atoms with van der Waals surface area (Å²) in [6.45, 7) is -0.586. The highest BCUT2D eigenvalue weighted by Gasteiger charge is 2.29. The number of methoxy groups -OCH3 is 1. The van der Waals surface area contributed by atoms with Gasteiger partial charge in [-0.1, -0.05) is 53.5 Å². The zero-order valence-corrected chi connectivity index (χ0v) is 19.6. The molecule has 0 saturated carbocycles. The molecule has 3 aromatic carbocycles. The molecule has 0 aromatic heterocycles. The summed E-state index contributed by atoms with van der Waals surface area (Å²) in [4.78, 5) is 12.6. The Morgan fingerprint density at radius 3 is 2.48 bits per heavy atom. The monoisotopic (exact) mass is 507 g/mol. The Labute approximate surface area is 201 Å². The molecule has 0 bridgehead atoms. The van der Waals surface area contributed by atoms with Gasteiger partial charge < -0.3 is 9.84 Å². The van der Waals surface area contributed by atoms with E-state index in [2.05, 4.69) is 10.5 Å². The molecule has 2 N–H and O–H groups in total. The summed E-state index contributed by atoms with van der Waals surface area (Å²) in [5.41, 5.74) is 2.60. The maximum atomic E-state index is 13.3. The van der Waals surface area contributed by atoms with Gasteiger partial charge in [0.1, 0.15) is 18.0 Å². The van der Waals surface area contributed by atoms with Crippen molar-refractivity contribution in [2.24, 2.45) is 5.10 Å². The average molecular weight is 508 g/mol. The van der Waals surface area contributed by atoms with Crippen LogP contribution in [-0.2, 0) is 14.8 Å². The number of phenolic OH excluding ortho intramolecular Hbond substituents is 1. The zero-order valence-electron chi connectivity index (χ0n) is 17.3. The molecule has 11 heteroatoms. The van der Waals surface area contributed by atoms with Gasteiger partial charge in [0.2, 0.25) is 0 Å². The van der Waals surface area contributed by atoms with E-state index in [1.54, 1.807) is 36.4 Å². The molecular weight excluding hydrogens is 489 g/mol. The summed E-state index contributed by atoms with van der Waals surface area (Å²) in [7, 11) is -2.71. The predicted octanol–water partition coefficient (Wildman–Crippen LogP) is 4.05. The van der Waals surface area contributed by atoms with Crippen LogP contribution < -0.4 is 14.5 Å². The molecule has 0 aliphatic carbocycles. The van der Waals surface area contributed by atoms with Crippen LogP contribution in [0.5, 0.6) is 11.5 Å². The largest absolute Gasteiger partial charge is 0.506 e. The van der Waals surface area contributed by atoms with Gasteiger partial charge in [0.25, 0.3) is 15.9 Å². The highest BCUT2D eigenvalue weighted by molar-refractivity contribution is 7.92. The molecular formula is C22H19Cl2N3O5S. The number of nitrogens with zero attached hydrogens (tertiary/aromatic N) is 2. The quantitative estimate of drug-likeness (QED) is 0.353. The molecule has 3 rings (SSSR count). The van der Waals surface area contributed by atoms with Crippen LogP contribution in [0.3, 0.4) is 0 Å². The number of benzene rings is 3. The number of phenols is 1. The van der Waals surface area contributed by atoms with E-state index < -0.39 is 22.5 Å². The Balaban J connectivity index is 1.89. The number of para-hydroxylation sites is 2. The maximum Gasteiger partial charge on any atom is 0.264 e. The fraction of sp³-hybridized carbons (Fsp3) is 0.0909. The van der Waals surface area contributed by atoms with Crippen molar-refractivity contribution in [3.05, 3.63) is 82.3 Å². The van der Waals surface area contributed by atoms with E-state index in [9.17, 15) is 18.3 Å². The Morgan fingerprint density at radius 2 is 1.79 bits per heavy atom. The van der Waals surface area contributed by atoms with Crippen molar-refractivity contribution in [1.82, 2.24) is 5.43 Å². The molecule has 0 saturated heterocycles. The number of aromatic hydroxyl groups is 1. The van der Waals surface area contributed by atoms with E-state index in [1.807, 2.05) is 0 Å². The van der Waals surface area contributed by atoms with Gasteiger partial charge >= 0.3 is 0 Å². The number of ether oxygens (including phenoxy) is 1. The number of hydrogen-bond donors (Lipinski definition) is 2. The Bertz CT molecular complexity index is 1280. The summed E-state index contributed by atoms with van der Waals surface area (Å²) >= 11 is 11.8. The molecule has 0 atom stereocenters. The SMILES string of the molecule is COc1ccccc1N(CC(=O)N/N=C\c1cc(Cl)cc(Cl)c1O)S(=O)(=O)c1ccccc1. The van der Waals surface area contributed by atoms with Crippen LogP contribution >= 0.6 is 23.2 Å². The average Bonchev–Trinajstić information content (AvgIpc) is 2.81. The predicted molar refractivity (Wildman–Crippen MR) is 128 cm³/mol. The van der Waals surface area contributed by atoms with Gasteiger partial charge in [-0.05, 0) is 36.4 Å². The van der Waals surface area contributed by atoms with E-state index in [0.717, 1.165) is 10.5 Å². The van der Waals surface area contributed by atoms with Crippen molar-refractivity contribution in [2.45, 2.75) is 4.90 Å². The number of carbonyl (C=O) groups is 1. The molecule has 0 unspecified atom stereocenters. The van der Waals surface area contributed by atoms with Crippen LogP contribution in [0.25, 0.3) is 0 Å². The van der Waals surface area contributed by atoms with E-state index in [1.165, 1.54) is 37.4 Å². The lowest BCUT2D eigenvalue weighted by Gasteiger charge is -2.25. The van der Waals surface area contributed by atoms with Gasteiger partial charge in [0.05, 0.1) is 28.9 Å². The summed E-state index contributed by atoms with van der Waals surface area (Å²) in [5.74, 6) is -0.725. The Kier molecular flexibility index (Phi) is 7.80. The second kappa shape index (κ2) is 10.6. The molecule has 3 aromatic rings. The smallest absolute Gasteiger partial charge is 0.264 e. The number of rotatable bonds is 8. The third-order valence-electron chi connectivity index (χ3n) is 4.42. The van der Waals surface area contributed by atoms with Crippen molar-refractivity contribution in [3.63, 3.8) is 0 Å². The fourth-order valence-electron chi connectivity index (χ4n) is 2.88. The summed E-state index contributed by atoms with van der Waals surface area (Å²) < 4.78 is 32.9. The highest BCUT2D eigenvalue weighted by atomic mass is 35.5. The van der Waals surface area contributed by atoms with Crippen LogP contribution in [0.4, 0.5) is 5.69 Å². The molecule has 8 nitrogen and oxygen atoms in total. The Hall–Kier alpha value is -3.27. The van der Waals surface area contributed by atoms with Crippen LogP contribution in [0.15, 0.2) is 76.7 Å². The van der Waals surface area contributed by atoms with E-state index in [0.29, 0.717) is 0 Å². The molecule has 0 spiro atoms. The third kappa shape index (κ3) is 5.75. The van der Waals surface area contributed by atoms with Crippen LogP contribution in [0.2, 0.25) is 10.0 Å². The topological polar surface area (TPSA) is 108 Å². The van der Waals surface area contributed by atoms with Crippen molar-refractivity contribution in [1.29, 1.82) is 0 Å². The van der Waals surface area contributed by atoms with Gasteiger partial charge in [-0.2, -0.15) is 5.10 Å². The van der Waals surface area contributed by atoms with Crippen LogP contribution in [0, 0.1) is 0 Å². The first-order valence-corrected chi connectivity index (χ1v) is 11.6. The summed E-state index contributed by atoms with van der Waals surface area (Å²) in [6.07, 6.45) is 1.14. The minimum absolute atomic E-state index is 0.00528. The van der Waals surface area contributed by atoms with Crippen LogP contribution in [0.1, 0.15) is 5.56 Å². The number of hydrazone groups is 1. The second-order valence-electron chi connectivity index (χ2n) is 6.62. The van der Waals surface area contributed by atoms with E-state index >= 15 is 0 Å². The van der Waals surface area contributed by atoms with Crippen LogP contribution in [-0.4, -0.2) is 39.3 Å². The standard InChI is InChI=1S/C22H19Cl2N3O5S/c1-32-20-10-6-5-9-19(20)27(33(30,31)17-7-3-2-4-8-17)14-21(28)26-25-13-15-11-16(23)12-18(24)22(15)29/h2-13,29H,14H2,1H3,(H,26,28)/b25-13-. The lowest BCUT2D eigenvalue weighted by Crippen LogP contribution is -2.39. The fourth-order valence-corrected chi connectivity index (χ4v) is 4.84. The first-order valence-electron chi connectivity index (χ1n) is 9.44. The van der Waals surface area contributed by atoms with E-state index in [-0.39, 0.29) is 37.7 Å². The number of carbonyl (C=O) groups excluding carboxylic acids is 1. The number of halogens is 2. The molecule has 0 fully saturated rings. The normalized spacial score (nSPS) is 11.4. The van der Waals surface area contributed by atoms with Crippen molar-refractivity contribution >= 4 is 51.0 Å². The van der Waals surface area contributed by atoms with Gasteiger partial charge in [0.15, 0.2) is 0 Å². The minimum Gasteiger partial charge on any atom is -0.506 e. The lowest BCUT2D eigenvalue weighted by molar-refractivity contribution is -0.119. The summed E-state index contributed by atoms with van der Waals surface area (Å²) in [5, 5.41) is 14.0. The van der Waals surface area contributed by atoms with Gasteiger partial charge in [-0.15, -0.1) is 0 Å². The summed E-state index contributed by atoms with van der Waals surface area (Å²) in [6, 6.07) is 16.9. The zero-order chi connectivity index (χ0) is 24.0. The van der Waals surface area contributed by atoms with Gasteiger partial charge in [-0.3, -0.25) is 9.10 Å². The lowest BCUT2D eigenvalue weighted by atomic mass is 10.2. The Morgan fingerprint density at radius 1 is 1.12 bits per heavy atom. The van der Waals surface area contributed by atoms with Gasteiger partial charge in [0, 0.05) is 10.6 Å². The molecule has 0 radical (unpaired) electrons. The number of amides is 1. The number of sulfonamides is 1. The molecule has 1 amide bonds. The molecule has 0 aliphatic rings. The van der Waals surface area contributed by atoms with Crippen molar-refractivity contribution < 1.29 is 23.1 Å². The first-order chi connectivity index (χ1) is 15.7. The van der Waals surface area contributed by atoms with Gasteiger partial charge in [-0.25, -0.2) is 13.8 Å². The first kappa shape index (κ1) is 24.4. The molecule has 0 aliphatic heterocycles. The number of nitrogens with one attached hydrogen (secondary N) is 1. The molecule has 33 heavy (non-hydrogen) atoms. The van der Waals surface area contributed by atoms with Crippen molar-refractivity contribution in [2.75, 3.05) is 18.0 Å². The van der Waals surface area contributed by atoms with Crippen molar-refractivity contribution in [3.8, 4) is 11.5 Å². The van der Waals surface area contributed by atoms with E-state index in [4.69, 9.17) is 27.9 Å². The second-order valence-corrected chi connectivity index (χ2v) is 9.32. The maximum absolute atomic E-state index is 13.3. The minimum atomic E-state index is -4.11.